The highest BCUT2D eigenvalue weighted by Gasteiger charge is 2.26. The maximum Gasteiger partial charge on any atom is 0.410 e. The van der Waals surface area contributed by atoms with Gasteiger partial charge >= 0.3 is 6.09 Å². The first kappa shape index (κ1) is 31.1. The summed E-state index contributed by atoms with van der Waals surface area (Å²) in [5, 5.41) is 9.13. The van der Waals surface area contributed by atoms with Crippen LogP contribution >= 0.6 is 0 Å². The van der Waals surface area contributed by atoms with E-state index in [9.17, 15) is 14.0 Å². The predicted molar refractivity (Wildman–Crippen MR) is 150 cm³/mol. The first-order chi connectivity index (χ1) is 18.4. The van der Waals surface area contributed by atoms with Gasteiger partial charge in [-0.05, 0) is 52.7 Å². The number of benzene rings is 1. The van der Waals surface area contributed by atoms with Crippen LogP contribution in [0.1, 0.15) is 59.4 Å². The molecule has 0 radical (unpaired) electrons. The van der Waals surface area contributed by atoms with E-state index in [1.807, 2.05) is 6.92 Å². The molecule has 2 amide bonds. The zero-order chi connectivity index (χ0) is 29.0. The van der Waals surface area contributed by atoms with E-state index in [1.54, 1.807) is 40.0 Å². The number of rotatable bonds is 11. The Hall–Kier alpha value is -4.07. The third kappa shape index (κ3) is 10.3. The molecule has 1 heterocycles. The fourth-order valence-electron chi connectivity index (χ4n) is 3.14. The van der Waals surface area contributed by atoms with Crippen LogP contribution in [0.3, 0.4) is 0 Å². The molecule has 0 aliphatic carbocycles. The largest absolute Gasteiger partial charge is 0.494 e. The Labute approximate surface area is 230 Å². The summed E-state index contributed by atoms with van der Waals surface area (Å²) in [7, 11) is 2.94. The smallest absolute Gasteiger partial charge is 0.410 e. The SMILES string of the molecule is CCCNc1nc(Nc2ccc(F)c(OC)c2)ncc1C#CCCCNC(=O)[C@H](C)N(C)C(=O)OC(C)(C)C. The van der Waals surface area contributed by atoms with Crippen LogP contribution in [0.5, 0.6) is 5.75 Å². The Balaban J connectivity index is 1.93. The summed E-state index contributed by atoms with van der Waals surface area (Å²) in [4.78, 5) is 34.7. The second kappa shape index (κ2) is 14.8. The fraction of sp³-hybridized carbons (Fsp3) is 0.500. The summed E-state index contributed by atoms with van der Waals surface area (Å²) in [6.07, 6.45) is 3.14. The van der Waals surface area contributed by atoms with E-state index in [4.69, 9.17) is 9.47 Å². The van der Waals surface area contributed by atoms with Gasteiger partial charge in [-0.1, -0.05) is 18.8 Å². The minimum absolute atomic E-state index is 0.118. The lowest BCUT2D eigenvalue weighted by Crippen LogP contribution is -2.47. The lowest BCUT2D eigenvalue weighted by atomic mass is 10.2. The number of carbonyl (C=O) groups is 2. The monoisotopic (exact) mass is 542 g/mol. The highest BCUT2D eigenvalue weighted by atomic mass is 19.1. The van der Waals surface area contributed by atoms with Crippen molar-refractivity contribution in [2.24, 2.45) is 0 Å². The van der Waals surface area contributed by atoms with Crippen molar-refractivity contribution < 1.29 is 23.5 Å². The van der Waals surface area contributed by atoms with Crippen LogP contribution < -0.4 is 20.7 Å². The highest BCUT2D eigenvalue weighted by molar-refractivity contribution is 5.85. The average Bonchev–Trinajstić information content (AvgIpc) is 2.89. The molecule has 2 rings (SSSR count). The van der Waals surface area contributed by atoms with Gasteiger partial charge in [-0.3, -0.25) is 9.69 Å². The van der Waals surface area contributed by atoms with Gasteiger partial charge in [-0.2, -0.15) is 4.98 Å². The molecule has 1 aromatic heterocycles. The molecule has 11 heteroatoms. The molecule has 10 nitrogen and oxygen atoms in total. The molecular formula is C28H39FN6O4. The Morgan fingerprint density at radius 2 is 1.97 bits per heavy atom. The van der Waals surface area contributed by atoms with E-state index in [-0.39, 0.29) is 11.7 Å². The summed E-state index contributed by atoms with van der Waals surface area (Å²) >= 11 is 0. The minimum atomic E-state index is -0.668. The Morgan fingerprint density at radius 3 is 2.64 bits per heavy atom. The summed E-state index contributed by atoms with van der Waals surface area (Å²) in [6, 6.07) is 3.74. The number of unbranched alkanes of at least 4 members (excludes halogenated alkanes) is 1. The molecule has 0 saturated heterocycles. The molecule has 1 atom stereocenters. The molecule has 0 saturated carbocycles. The van der Waals surface area contributed by atoms with Gasteiger partial charge in [0.2, 0.25) is 11.9 Å². The normalized spacial score (nSPS) is 11.5. The van der Waals surface area contributed by atoms with Gasteiger partial charge in [0.05, 0.1) is 18.9 Å². The fourth-order valence-corrected chi connectivity index (χ4v) is 3.14. The Kier molecular flexibility index (Phi) is 11.8. The van der Waals surface area contributed by atoms with Crippen molar-refractivity contribution in [3.8, 4) is 17.6 Å². The Morgan fingerprint density at radius 1 is 1.23 bits per heavy atom. The van der Waals surface area contributed by atoms with Gasteiger partial charge in [0.1, 0.15) is 17.5 Å². The maximum absolute atomic E-state index is 13.7. The van der Waals surface area contributed by atoms with E-state index < -0.39 is 23.6 Å². The van der Waals surface area contributed by atoms with Crippen LogP contribution in [0.2, 0.25) is 0 Å². The predicted octanol–water partition coefficient (Wildman–Crippen LogP) is 4.69. The van der Waals surface area contributed by atoms with Gasteiger partial charge in [-0.15, -0.1) is 0 Å². The van der Waals surface area contributed by atoms with E-state index in [0.717, 1.165) is 6.42 Å². The number of ether oxygens (including phenoxy) is 2. The van der Waals surface area contributed by atoms with Crippen LogP contribution in [0, 0.1) is 17.7 Å². The van der Waals surface area contributed by atoms with E-state index in [1.165, 1.54) is 31.2 Å². The summed E-state index contributed by atoms with van der Waals surface area (Å²) in [5.74, 6) is 6.50. The summed E-state index contributed by atoms with van der Waals surface area (Å²) in [5.41, 5.74) is 0.592. The number of amides is 2. The second-order valence-corrected chi connectivity index (χ2v) is 9.82. The number of carbonyl (C=O) groups excluding carboxylic acids is 2. The Bertz CT molecular complexity index is 1190. The first-order valence-electron chi connectivity index (χ1n) is 12.9. The van der Waals surface area contributed by atoms with Gasteiger partial charge in [0.25, 0.3) is 0 Å². The number of anilines is 3. The number of methoxy groups -OCH3 is 1. The van der Waals surface area contributed by atoms with Crippen molar-refractivity contribution in [2.75, 3.05) is 37.9 Å². The third-order valence-corrected chi connectivity index (χ3v) is 5.38. The number of hydrogen-bond acceptors (Lipinski definition) is 8. The molecule has 3 N–H and O–H groups in total. The van der Waals surface area contributed by atoms with Crippen molar-refractivity contribution in [2.45, 2.75) is 65.5 Å². The van der Waals surface area contributed by atoms with Gasteiger partial charge in [0, 0.05) is 38.3 Å². The molecule has 1 aromatic carbocycles. The third-order valence-electron chi connectivity index (χ3n) is 5.38. The van der Waals surface area contributed by atoms with Gasteiger partial charge in [-0.25, -0.2) is 14.2 Å². The van der Waals surface area contributed by atoms with Crippen molar-refractivity contribution >= 4 is 29.5 Å². The molecule has 2 aromatic rings. The number of nitrogens with zero attached hydrogens (tertiary/aromatic N) is 3. The summed E-state index contributed by atoms with van der Waals surface area (Å²) < 4.78 is 24.0. The molecule has 0 fully saturated rings. The van der Waals surface area contributed by atoms with E-state index >= 15 is 0 Å². The molecule has 0 aliphatic rings. The quantitative estimate of drug-likeness (QED) is 0.276. The number of hydrogen-bond donors (Lipinski definition) is 3. The van der Waals surface area contributed by atoms with Crippen LogP contribution in [0.4, 0.5) is 26.6 Å². The topological polar surface area (TPSA) is 118 Å². The minimum Gasteiger partial charge on any atom is -0.494 e. The van der Waals surface area contributed by atoms with E-state index in [0.29, 0.717) is 48.9 Å². The molecule has 39 heavy (non-hydrogen) atoms. The zero-order valence-electron chi connectivity index (χ0n) is 23.8. The van der Waals surface area contributed by atoms with Crippen molar-refractivity contribution in [1.82, 2.24) is 20.2 Å². The lowest BCUT2D eigenvalue weighted by molar-refractivity contribution is -0.125. The molecule has 0 bridgehead atoms. The summed E-state index contributed by atoms with van der Waals surface area (Å²) in [6.45, 7) is 10.1. The standard InChI is InChI=1S/C28H39FN6O4/c1-8-15-30-24-20(18-32-26(34-24)33-21-13-14-22(29)23(17-21)38-7)12-10-9-11-16-31-25(36)19(2)35(6)27(37)39-28(3,4)5/h13-14,17-19H,8-9,11,15-16H2,1-7H3,(H,31,36)(H2,30,32,33,34)/t19-/m0/s1. The molecule has 212 valence electrons. The van der Waals surface area contributed by atoms with Crippen molar-refractivity contribution in [1.29, 1.82) is 0 Å². The van der Waals surface area contributed by atoms with Gasteiger partial charge < -0.3 is 25.4 Å². The number of aromatic nitrogens is 2. The van der Waals surface area contributed by atoms with Crippen LogP contribution in [-0.2, 0) is 9.53 Å². The highest BCUT2D eigenvalue weighted by Crippen LogP contribution is 2.24. The molecule has 0 unspecified atom stereocenters. The van der Waals surface area contributed by atoms with Crippen molar-refractivity contribution in [3.05, 3.63) is 35.8 Å². The maximum atomic E-state index is 13.7. The number of likely N-dealkylation sites (N-methyl/N-ethyl adjacent to an activating group) is 1. The van der Waals surface area contributed by atoms with Crippen LogP contribution in [0.25, 0.3) is 0 Å². The first-order valence-corrected chi connectivity index (χ1v) is 12.9. The van der Waals surface area contributed by atoms with Crippen molar-refractivity contribution in [3.63, 3.8) is 0 Å². The second-order valence-electron chi connectivity index (χ2n) is 9.82. The van der Waals surface area contributed by atoms with E-state index in [2.05, 4.69) is 37.8 Å². The molecular weight excluding hydrogens is 503 g/mol. The average molecular weight is 543 g/mol. The lowest BCUT2D eigenvalue weighted by Gasteiger charge is -2.28. The zero-order valence-corrected chi connectivity index (χ0v) is 23.8. The molecule has 0 aliphatic heterocycles. The van der Waals surface area contributed by atoms with Gasteiger partial charge in [0.15, 0.2) is 11.6 Å². The van der Waals surface area contributed by atoms with Crippen LogP contribution in [0.15, 0.2) is 24.4 Å². The molecule has 0 spiro atoms. The van der Waals surface area contributed by atoms with Crippen LogP contribution in [-0.4, -0.2) is 65.8 Å². The number of nitrogens with one attached hydrogen (secondary N) is 3. The number of halogens is 1.